The summed E-state index contributed by atoms with van der Waals surface area (Å²) in [6.45, 7) is 12.0. The molecule has 1 nitrogen and oxygen atoms in total. The van der Waals surface area contributed by atoms with E-state index in [1.54, 1.807) is 0 Å². The first-order valence-electron chi connectivity index (χ1n) is 4.97. The number of allylic oxidation sites excluding steroid dienone is 3. The molecule has 0 fully saturated rings. The average molecular weight is 179 g/mol. The minimum Gasteiger partial charge on any atom is -0.265 e. The van der Waals surface area contributed by atoms with Crippen LogP contribution in [-0.4, -0.2) is 6.72 Å². The molecule has 0 heterocycles. The number of rotatable bonds is 1. The molecule has 0 bridgehead atoms. The van der Waals surface area contributed by atoms with Crippen molar-refractivity contribution in [3.05, 3.63) is 23.9 Å². The van der Waals surface area contributed by atoms with E-state index in [2.05, 4.69) is 37.7 Å². The zero-order chi connectivity index (χ0) is 10.3. The van der Waals surface area contributed by atoms with Crippen molar-refractivity contribution in [2.45, 2.75) is 40.5 Å². The molecule has 0 saturated heterocycles. The van der Waals surface area contributed by atoms with Gasteiger partial charge in [-0.3, -0.25) is 4.99 Å². The highest BCUT2D eigenvalue weighted by Crippen LogP contribution is 2.29. The second-order valence-corrected chi connectivity index (χ2v) is 3.76. The van der Waals surface area contributed by atoms with Crippen LogP contribution in [0.2, 0.25) is 0 Å². The van der Waals surface area contributed by atoms with Gasteiger partial charge in [-0.05, 0) is 31.1 Å². The van der Waals surface area contributed by atoms with Crippen LogP contribution in [0, 0.1) is 5.41 Å². The first kappa shape index (κ1) is 12.2. The molecule has 0 spiro atoms. The van der Waals surface area contributed by atoms with Crippen LogP contribution in [-0.2, 0) is 0 Å². The van der Waals surface area contributed by atoms with E-state index in [0.29, 0.717) is 5.41 Å². The Hall–Kier alpha value is -0.850. The van der Waals surface area contributed by atoms with Crippen LogP contribution in [0.25, 0.3) is 0 Å². The third-order valence-electron chi connectivity index (χ3n) is 2.01. The van der Waals surface area contributed by atoms with Crippen LogP contribution in [0.3, 0.4) is 0 Å². The van der Waals surface area contributed by atoms with Gasteiger partial charge < -0.3 is 0 Å². The van der Waals surface area contributed by atoms with E-state index >= 15 is 0 Å². The van der Waals surface area contributed by atoms with Crippen LogP contribution in [0.4, 0.5) is 0 Å². The summed E-state index contributed by atoms with van der Waals surface area (Å²) in [5.74, 6) is 0. The van der Waals surface area contributed by atoms with Gasteiger partial charge in [0.15, 0.2) is 0 Å². The lowest BCUT2D eigenvalue weighted by Gasteiger charge is -2.19. The maximum Gasteiger partial charge on any atom is 0.0579 e. The molecule has 0 saturated carbocycles. The molecule has 0 atom stereocenters. The summed E-state index contributed by atoms with van der Waals surface area (Å²) in [7, 11) is 0. The van der Waals surface area contributed by atoms with E-state index in [1.165, 1.54) is 0 Å². The minimum absolute atomic E-state index is 0.392. The van der Waals surface area contributed by atoms with Crippen molar-refractivity contribution < 1.29 is 0 Å². The molecule has 0 aromatic rings. The highest BCUT2D eigenvalue weighted by Gasteiger charge is 2.15. The van der Waals surface area contributed by atoms with Crippen LogP contribution in [0.5, 0.6) is 0 Å². The molecule has 0 aromatic heterocycles. The molecule has 0 amide bonds. The van der Waals surface area contributed by atoms with Crippen LogP contribution in [0.15, 0.2) is 28.9 Å². The van der Waals surface area contributed by atoms with Crippen molar-refractivity contribution in [3.8, 4) is 0 Å². The molecule has 0 aliphatic heterocycles. The van der Waals surface area contributed by atoms with Gasteiger partial charge in [-0.25, -0.2) is 0 Å². The van der Waals surface area contributed by atoms with Gasteiger partial charge in [-0.15, -0.1) is 0 Å². The van der Waals surface area contributed by atoms with Crippen molar-refractivity contribution >= 4 is 6.72 Å². The summed E-state index contributed by atoms with van der Waals surface area (Å²) in [6, 6.07) is 0. The Morgan fingerprint density at radius 2 is 1.92 bits per heavy atom. The lowest BCUT2D eigenvalue weighted by Crippen LogP contribution is -2.06. The molecular formula is C12H21N. The smallest absolute Gasteiger partial charge is 0.0579 e. The number of hydrogen-bond donors (Lipinski definition) is 0. The lowest BCUT2D eigenvalue weighted by molar-refractivity contribution is 0.378. The van der Waals surface area contributed by atoms with Gasteiger partial charge in [-0.1, -0.05) is 39.8 Å². The van der Waals surface area contributed by atoms with E-state index in [4.69, 9.17) is 0 Å². The van der Waals surface area contributed by atoms with Gasteiger partial charge in [0.25, 0.3) is 0 Å². The fourth-order valence-corrected chi connectivity index (χ4v) is 1.15. The second kappa shape index (κ2) is 5.74. The monoisotopic (exact) mass is 179 g/mol. The highest BCUT2D eigenvalue weighted by atomic mass is 14.7. The van der Waals surface area contributed by atoms with Gasteiger partial charge in [0.05, 0.1) is 5.70 Å². The maximum atomic E-state index is 3.90. The van der Waals surface area contributed by atoms with E-state index in [1.807, 2.05) is 19.9 Å². The zero-order valence-electron chi connectivity index (χ0n) is 9.30. The molecule has 0 unspecified atom stereocenters. The molecule has 1 aliphatic carbocycles. The minimum atomic E-state index is 0.392. The summed E-state index contributed by atoms with van der Waals surface area (Å²) in [6.07, 6.45) is 8.59. The number of aliphatic imine (C=N–C) groups is 1. The number of nitrogens with zero attached hydrogens (tertiary/aromatic N) is 1. The summed E-state index contributed by atoms with van der Waals surface area (Å²) in [4.78, 5) is 3.90. The molecule has 1 heteroatoms. The summed E-state index contributed by atoms with van der Waals surface area (Å²) >= 11 is 0. The largest absolute Gasteiger partial charge is 0.265 e. The molecule has 1 rings (SSSR count). The summed E-state index contributed by atoms with van der Waals surface area (Å²) in [5, 5.41) is 0. The Morgan fingerprint density at radius 1 is 1.31 bits per heavy atom. The first-order valence-corrected chi connectivity index (χ1v) is 4.97. The first-order chi connectivity index (χ1) is 6.14. The van der Waals surface area contributed by atoms with Crippen LogP contribution in [0.1, 0.15) is 40.5 Å². The molecule has 0 aromatic carbocycles. The van der Waals surface area contributed by atoms with Crippen LogP contribution >= 0.6 is 0 Å². The third kappa shape index (κ3) is 4.66. The van der Waals surface area contributed by atoms with Crippen LogP contribution < -0.4 is 0 Å². The molecular weight excluding hydrogens is 158 g/mol. The fourth-order valence-electron chi connectivity index (χ4n) is 1.15. The van der Waals surface area contributed by atoms with Crippen molar-refractivity contribution in [2.75, 3.05) is 0 Å². The van der Waals surface area contributed by atoms with E-state index in [-0.39, 0.29) is 0 Å². The predicted octanol–water partition coefficient (Wildman–Crippen LogP) is 3.97. The van der Waals surface area contributed by atoms with E-state index in [9.17, 15) is 0 Å². The van der Waals surface area contributed by atoms with E-state index in [0.717, 1.165) is 18.5 Å². The molecule has 74 valence electrons. The SMILES string of the molecule is C=NC1=CCC(C)(C)CC=C1.CC. The van der Waals surface area contributed by atoms with E-state index < -0.39 is 0 Å². The van der Waals surface area contributed by atoms with Gasteiger partial charge in [0, 0.05) is 0 Å². The quantitative estimate of drug-likeness (QED) is 0.540. The standard InChI is InChI=1S/C10H15N.C2H6/c1-10(2)7-4-5-9(11-3)6-8-10;1-2/h4-6H,3,7-8H2,1-2H3;1-2H3. The summed E-state index contributed by atoms with van der Waals surface area (Å²) in [5.41, 5.74) is 1.40. The molecule has 0 N–H and O–H groups in total. The maximum absolute atomic E-state index is 3.90. The fraction of sp³-hybridized carbons (Fsp3) is 0.583. The molecule has 1 aliphatic rings. The Balaban J connectivity index is 0.000000671. The second-order valence-electron chi connectivity index (χ2n) is 3.76. The third-order valence-corrected chi connectivity index (χ3v) is 2.01. The van der Waals surface area contributed by atoms with Crippen molar-refractivity contribution in [3.63, 3.8) is 0 Å². The van der Waals surface area contributed by atoms with Gasteiger partial charge in [-0.2, -0.15) is 0 Å². The Bertz CT molecular complexity index is 209. The molecule has 0 radical (unpaired) electrons. The van der Waals surface area contributed by atoms with Gasteiger partial charge in [0.1, 0.15) is 0 Å². The Kier molecular flexibility index (Phi) is 5.36. The van der Waals surface area contributed by atoms with Gasteiger partial charge >= 0.3 is 0 Å². The zero-order valence-corrected chi connectivity index (χ0v) is 9.30. The topological polar surface area (TPSA) is 12.4 Å². The predicted molar refractivity (Wildman–Crippen MR) is 61.1 cm³/mol. The van der Waals surface area contributed by atoms with Crippen molar-refractivity contribution in [1.82, 2.24) is 0 Å². The normalized spacial score (nSPS) is 19.2. The van der Waals surface area contributed by atoms with Crippen molar-refractivity contribution in [1.29, 1.82) is 0 Å². The number of hydrogen-bond acceptors (Lipinski definition) is 1. The highest BCUT2D eigenvalue weighted by molar-refractivity contribution is 5.34. The Labute approximate surface area is 82.3 Å². The average Bonchev–Trinajstić information content (AvgIpc) is 2.30. The lowest BCUT2D eigenvalue weighted by atomic mass is 9.86. The Morgan fingerprint density at radius 3 is 2.46 bits per heavy atom. The van der Waals surface area contributed by atoms with Crippen molar-refractivity contribution in [2.24, 2.45) is 10.4 Å². The van der Waals surface area contributed by atoms with Gasteiger partial charge in [0.2, 0.25) is 0 Å². The molecule has 13 heavy (non-hydrogen) atoms. The summed E-state index contributed by atoms with van der Waals surface area (Å²) < 4.78 is 0.